The largest absolute Gasteiger partial charge is 0.393 e. The summed E-state index contributed by atoms with van der Waals surface area (Å²) in [5.41, 5.74) is 1.82. The summed E-state index contributed by atoms with van der Waals surface area (Å²) < 4.78 is 0. The molecule has 0 bridgehead atoms. The van der Waals surface area contributed by atoms with Crippen molar-refractivity contribution >= 4 is 0 Å². The van der Waals surface area contributed by atoms with Gasteiger partial charge in [-0.05, 0) is 91.8 Å². The van der Waals surface area contributed by atoms with E-state index < -0.39 is 0 Å². The van der Waals surface area contributed by atoms with Crippen LogP contribution >= 0.6 is 0 Å². The third-order valence-electron chi connectivity index (χ3n) is 10.2. The Bertz CT molecular complexity index is 626. The van der Waals surface area contributed by atoms with Crippen molar-refractivity contribution < 1.29 is 10.2 Å². The molecule has 0 heterocycles. The van der Waals surface area contributed by atoms with Gasteiger partial charge in [-0.15, -0.1) is 0 Å². The average Bonchev–Trinajstić information content (AvgIpc) is 2.83. The molecule has 0 aliphatic heterocycles. The molecule has 5 rings (SSSR count). The zero-order valence-corrected chi connectivity index (χ0v) is 17.0. The van der Waals surface area contributed by atoms with E-state index in [2.05, 4.69) is 26.8 Å². The van der Waals surface area contributed by atoms with Crippen LogP contribution in [0, 0.1) is 40.4 Å². The molecule has 2 N–H and O–H groups in total. The first-order valence-electron chi connectivity index (χ1n) is 11.4. The van der Waals surface area contributed by atoms with Gasteiger partial charge in [0.2, 0.25) is 0 Å². The highest BCUT2D eigenvalue weighted by atomic mass is 16.3. The van der Waals surface area contributed by atoms with E-state index in [0.29, 0.717) is 28.6 Å². The molecule has 4 fully saturated rings. The molecule has 0 aromatic heterocycles. The Hall–Kier alpha value is -0.340. The lowest BCUT2D eigenvalue weighted by Gasteiger charge is -2.58. The van der Waals surface area contributed by atoms with Gasteiger partial charge in [0.25, 0.3) is 0 Å². The van der Waals surface area contributed by atoms with E-state index in [1.165, 1.54) is 32.1 Å². The molecule has 0 saturated heterocycles. The quantitative estimate of drug-likeness (QED) is 0.592. The number of hydrogen-bond donors (Lipinski definition) is 2. The lowest BCUT2D eigenvalue weighted by molar-refractivity contribution is -0.0965. The summed E-state index contributed by atoms with van der Waals surface area (Å²) in [5, 5.41) is 21.8. The van der Waals surface area contributed by atoms with Gasteiger partial charge < -0.3 is 10.2 Å². The van der Waals surface area contributed by atoms with Crippen LogP contribution in [0.2, 0.25) is 0 Å². The molecule has 0 spiro atoms. The molecule has 5 aliphatic rings. The maximum atomic E-state index is 11.7. The van der Waals surface area contributed by atoms with Crippen molar-refractivity contribution in [2.75, 3.05) is 0 Å². The molecule has 0 amide bonds. The first kappa shape index (κ1) is 17.7. The van der Waals surface area contributed by atoms with Crippen LogP contribution < -0.4 is 0 Å². The second-order valence-corrected chi connectivity index (χ2v) is 11.4. The van der Waals surface area contributed by atoms with Gasteiger partial charge in [-0.25, -0.2) is 0 Å². The van der Waals surface area contributed by atoms with E-state index in [1.54, 1.807) is 5.57 Å². The normalized spacial score (nSPS) is 58.9. The zero-order valence-electron chi connectivity index (χ0n) is 17.0. The van der Waals surface area contributed by atoms with Gasteiger partial charge in [-0.2, -0.15) is 0 Å². The summed E-state index contributed by atoms with van der Waals surface area (Å²) in [4.78, 5) is 0. The van der Waals surface area contributed by atoms with Crippen molar-refractivity contribution in [2.45, 2.75) is 96.7 Å². The maximum absolute atomic E-state index is 11.7. The number of fused-ring (bicyclic) bond motifs is 7. The Morgan fingerprint density at radius 3 is 2.65 bits per heavy atom. The predicted octanol–water partition coefficient (Wildman–Crippen LogP) is 5.09. The third-order valence-corrected chi connectivity index (χ3v) is 10.2. The lowest BCUT2D eigenvalue weighted by Crippen LogP contribution is -2.52. The highest BCUT2D eigenvalue weighted by Crippen LogP contribution is 2.70. The SMILES string of the molecule is C[C@@H]1CCC[C@@]2(O)C[C@H]3[C@@H]4CC=C5C[C@@H](O)CC[C@]5(C)[C@H]4CC[C@]3(C)[C@@H]12. The van der Waals surface area contributed by atoms with E-state index in [4.69, 9.17) is 0 Å². The van der Waals surface area contributed by atoms with Crippen LogP contribution in [-0.2, 0) is 0 Å². The van der Waals surface area contributed by atoms with Crippen LogP contribution in [0.15, 0.2) is 11.6 Å². The molecule has 4 saturated carbocycles. The first-order valence-corrected chi connectivity index (χ1v) is 11.4. The minimum Gasteiger partial charge on any atom is -0.393 e. The summed E-state index contributed by atoms with van der Waals surface area (Å²) in [6.45, 7) is 7.46. The molecule has 146 valence electrons. The molecule has 5 aliphatic carbocycles. The minimum atomic E-state index is -0.389. The van der Waals surface area contributed by atoms with E-state index in [9.17, 15) is 10.2 Å². The highest BCUT2D eigenvalue weighted by molar-refractivity contribution is 5.26. The number of allylic oxidation sites excluding steroid dienone is 1. The average molecular weight is 359 g/mol. The minimum absolute atomic E-state index is 0.115. The van der Waals surface area contributed by atoms with Gasteiger partial charge in [-0.3, -0.25) is 0 Å². The molecular formula is C24H38O2. The van der Waals surface area contributed by atoms with Gasteiger partial charge in [0.1, 0.15) is 0 Å². The van der Waals surface area contributed by atoms with E-state index in [1.807, 2.05) is 0 Å². The summed E-state index contributed by atoms with van der Waals surface area (Å²) in [6.07, 6.45) is 13.9. The molecule has 0 radical (unpaired) electrons. The van der Waals surface area contributed by atoms with Crippen molar-refractivity contribution in [1.82, 2.24) is 0 Å². The predicted molar refractivity (Wildman–Crippen MR) is 105 cm³/mol. The van der Waals surface area contributed by atoms with Gasteiger partial charge in [0.15, 0.2) is 0 Å². The molecule has 0 unspecified atom stereocenters. The standard InChI is InChI=1S/C24H38O2/c1-15-5-4-10-24(26)14-20-18-7-6-16-13-17(25)8-11-22(16,2)19(18)9-12-23(20,3)21(15)24/h6,15,17-21,25-26H,4-5,7-14H2,1-3H3/t15-,17+,18-,19+,20+,21-,22+,23+,24-/m1/s1. The summed E-state index contributed by atoms with van der Waals surface area (Å²) in [5.74, 6) is 3.40. The topological polar surface area (TPSA) is 40.5 Å². The monoisotopic (exact) mass is 358 g/mol. The van der Waals surface area contributed by atoms with Crippen LogP contribution in [0.5, 0.6) is 0 Å². The fourth-order valence-corrected chi connectivity index (χ4v) is 9.22. The second kappa shape index (κ2) is 5.60. The Morgan fingerprint density at radius 2 is 1.85 bits per heavy atom. The Balaban J connectivity index is 1.51. The summed E-state index contributed by atoms with van der Waals surface area (Å²) >= 11 is 0. The van der Waals surface area contributed by atoms with Gasteiger partial charge in [-0.1, -0.05) is 45.3 Å². The lowest BCUT2D eigenvalue weighted by atomic mass is 9.46. The molecular weight excluding hydrogens is 320 g/mol. The number of aliphatic hydroxyl groups excluding tert-OH is 1. The molecule has 0 aromatic rings. The van der Waals surface area contributed by atoms with Crippen LogP contribution in [0.4, 0.5) is 0 Å². The smallest absolute Gasteiger partial charge is 0.0686 e. The fraction of sp³-hybridized carbons (Fsp3) is 0.917. The van der Waals surface area contributed by atoms with Crippen molar-refractivity contribution in [3.05, 3.63) is 11.6 Å². The highest BCUT2D eigenvalue weighted by Gasteiger charge is 2.66. The second-order valence-electron chi connectivity index (χ2n) is 11.4. The Morgan fingerprint density at radius 1 is 1.04 bits per heavy atom. The fourth-order valence-electron chi connectivity index (χ4n) is 9.22. The van der Waals surface area contributed by atoms with E-state index in [-0.39, 0.29) is 11.7 Å². The van der Waals surface area contributed by atoms with Crippen LogP contribution in [0.1, 0.15) is 85.0 Å². The van der Waals surface area contributed by atoms with E-state index in [0.717, 1.165) is 43.9 Å². The molecule has 0 aromatic carbocycles. The van der Waals surface area contributed by atoms with Crippen molar-refractivity contribution in [3.63, 3.8) is 0 Å². The van der Waals surface area contributed by atoms with Crippen molar-refractivity contribution in [2.24, 2.45) is 40.4 Å². The van der Waals surface area contributed by atoms with Gasteiger partial charge >= 0.3 is 0 Å². The number of aliphatic hydroxyl groups is 2. The van der Waals surface area contributed by atoms with Gasteiger partial charge in [0, 0.05) is 0 Å². The molecule has 26 heavy (non-hydrogen) atoms. The van der Waals surface area contributed by atoms with Crippen LogP contribution in [0.3, 0.4) is 0 Å². The molecule has 9 atom stereocenters. The first-order chi connectivity index (χ1) is 12.3. The van der Waals surface area contributed by atoms with Crippen molar-refractivity contribution in [1.29, 1.82) is 0 Å². The van der Waals surface area contributed by atoms with E-state index >= 15 is 0 Å². The summed E-state index contributed by atoms with van der Waals surface area (Å²) in [6, 6.07) is 0. The zero-order chi connectivity index (χ0) is 18.3. The maximum Gasteiger partial charge on any atom is 0.0686 e. The Kier molecular flexibility index (Phi) is 3.82. The van der Waals surface area contributed by atoms with Crippen molar-refractivity contribution in [3.8, 4) is 0 Å². The Labute approximate surface area is 159 Å². The van der Waals surface area contributed by atoms with Crippen LogP contribution in [-0.4, -0.2) is 21.9 Å². The molecule has 2 nitrogen and oxygen atoms in total. The number of hydrogen-bond acceptors (Lipinski definition) is 2. The van der Waals surface area contributed by atoms with Crippen LogP contribution in [0.25, 0.3) is 0 Å². The molecule has 2 heteroatoms. The number of rotatable bonds is 0. The summed E-state index contributed by atoms with van der Waals surface area (Å²) in [7, 11) is 0. The van der Waals surface area contributed by atoms with Gasteiger partial charge in [0.05, 0.1) is 11.7 Å². The third kappa shape index (κ3) is 2.18.